The highest BCUT2D eigenvalue weighted by Crippen LogP contribution is 2.17. The summed E-state index contributed by atoms with van der Waals surface area (Å²) in [5.74, 6) is -12.8. The molecule has 1 aromatic carbocycles. The fourth-order valence-corrected chi connectivity index (χ4v) is 9.34. The highest BCUT2D eigenvalue weighted by molar-refractivity contribution is 6.00. The lowest BCUT2D eigenvalue weighted by molar-refractivity contribution is -0.155. The van der Waals surface area contributed by atoms with Crippen LogP contribution in [0.2, 0.25) is 0 Å². The number of hydrogen-bond acceptors (Lipinski definition) is 19. The first-order valence-electron chi connectivity index (χ1n) is 29.8. The lowest BCUT2D eigenvalue weighted by Crippen LogP contribution is -2.63. The van der Waals surface area contributed by atoms with Crippen molar-refractivity contribution in [2.45, 2.75) is 192 Å². The average molecular weight is 1240 g/mol. The van der Waals surface area contributed by atoms with Gasteiger partial charge in [0.1, 0.15) is 66.5 Å². The quantitative estimate of drug-likeness (QED) is 0.0240. The number of carbonyl (C=O) groups is 12. The van der Waals surface area contributed by atoms with Crippen LogP contribution in [0.3, 0.4) is 0 Å². The molecule has 88 heavy (non-hydrogen) atoms. The number of amides is 11. The number of nitrogens with one attached hydrogen (secondary N) is 12. The molecule has 0 unspecified atom stereocenters. The molecule has 2 aliphatic heterocycles. The Morgan fingerprint density at radius 2 is 1.15 bits per heavy atom. The number of aliphatic hydroxyl groups excluding tert-OH is 2. The summed E-state index contributed by atoms with van der Waals surface area (Å²) in [5.41, 5.74) is 12.3. The molecule has 0 aromatic heterocycles. The molecule has 18 N–H and O–H groups in total. The fourth-order valence-electron chi connectivity index (χ4n) is 9.34. The molecule has 1 fully saturated rings. The van der Waals surface area contributed by atoms with Crippen molar-refractivity contribution in [3.05, 3.63) is 48.0 Å². The topological polar surface area (TPSA) is 463 Å². The van der Waals surface area contributed by atoms with E-state index in [1.54, 1.807) is 55.5 Å². The molecule has 2 aliphatic rings. The molecule has 0 saturated carbocycles. The molecule has 2 heterocycles. The van der Waals surface area contributed by atoms with E-state index in [2.05, 4.69) is 75.4 Å². The molecule has 0 radical (unpaired) electrons. The Labute approximate surface area is 513 Å². The number of cyclic esters (lactones) is 1. The van der Waals surface area contributed by atoms with Crippen molar-refractivity contribution in [3.63, 3.8) is 0 Å². The molecule has 1 aromatic rings. The first kappa shape index (κ1) is 74.0. The smallest absolute Gasteiger partial charge is 0.333 e. The minimum Gasteiger partial charge on any atom is -0.458 e. The molecule has 11 amide bonds. The number of esters is 1. The van der Waals surface area contributed by atoms with E-state index in [4.69, 9.17) is 16.2 Å². The number of guanidine groups is 1. The van der Waals surface area contributed by atoms with Gasteiger partial charge in [0.2, 0.25) is 65.0 Å². The number of aliphatic imine (C=N–C) groups is 1. The third-order valence-electron chi connectivity index (χ3n) is 15.7. The lowest BCUT2D eigenvalue weighted by atomic mass is 9.94. The van der Waals surface area contributed by atoms with Crippen molar-refractivity contribution in [2.75, 3.05) is 26.8 Å². The summed E-state index contributed by atoms with van der Waals surface area (Å²) in [6.45, 7) is 16.3. The van der Waals surface area contributed by atoms with Gasteiger partial charge in [-0.2, -0.15) is 0 Å². The summed E-state index contributed by atoms with van der Waals surface area (Å²) in [4.78, 5) is 169. The van der Waals surface area contributed by atoms with E-state index in [0.29, 0.717) is 12.8 Å². The monoisotopic (exact) mass is 1240 g/mol. The SMILES string of the molecule is C=C(CC)[C@@H]1NC(=O)[C@H](C[C@H]2CN=C(N)N2)NC(=O)[C@H](C)NC(=O)[C@H](NC(=O)[C@H](CO)NC(=O)[C@@H](NC(=O)[C@H](NC(=O)[C@@H](CCC(N)=O)NC(=O)[C@H](CO)NC(=O)[C@@H](NC(=O)[C@@H](Cc2ccccc2)NC)[C@@H](C)CC)[C@@H](C)CC)[C@@H](C)CC)[C@H](C)OC1=O. The van der Waals surface area contributed by atoms with Gasteiger partial charge in [-0.3, -0.25) is 57.7 Å². The summed E-state index contributed by atoms with van der Waals surface area (Å²) in [7, 11) is 1.59. The van der Waals surface area contributed by atoms with Crippen LogP contribution in [-0.2, 0) is 68.7 Å². The van der Waals surface area contributed by atoms with Crippen molar-refractivity contribution in [3.8, 4) is 0 Å². The van der Waals surface area contributed by atoms with Gasteiger partial charge in [0.05, 0.1) is 31.8 Å². The fraction of sp³-hybridized carbons (Fsp3) is 0.638. The first-order valence-corrected chi connectivity index (χ1v) is 29.8. The summed E-state index contributed by atoms with van der Waals surface area (Å²) >= 11 is 0. The Balaban J connectivity index is 1.85. The average Bonchev–Trinajstić information content (AvgIpc) is 3.93. The van der Waals surface area contributed by atoms with Gasteiger partial charge in [-0.1, -0.05) is 105 Å². The van der Waals surface area contributed by atoms with Crippen LogP contribution in [0.15, 0.2) is 47.5 Å². The lowest BCUT2D eigenvalue weighted by Gasteiger charge is -2.31. The van der Waals surface area contributed by atoms with E-state index < -0.39 is 193 Å². The Morgan fingerprint density at radius 3 is 1.62 bits per heavy atom. The molecule has 30 heteroatoms. The van der Waals surface area contributed by atoms with Crippen molar-refractivity contribution in [1.82, 2.24) is 63.8 Å². The van der Waals surface area contributed by atoms with Gasteiger partial charge in [0.15, 0.2) is 5.96 Å². The van der Waals surface area contributed by atoms with E-state index in [-0.39, 0.29) is 43.8 Å². The van der Waals surface area contributed by atoms with Crippen LogP contribution in [-0.4, -0.2) is 193 Å². The predicted molar refractivity (Wildman–Crippen MR) is 322 cm³/mol. The van der Waals surface area contributed by atoms with Crippen molar-refractivity contribution >= 4 is 76.9 Å². The Hall–Kier alpha value is -8.25. The van der Waals surface area contributed by atoms with Crippen LogP contribution in [0.1, 0.15) is 113 Å². The third-order valence-corrected chi connectivity index (χ3v) is 15.7. The number of nitrogens with zero attached hydrogens (tertiary/aromatic N) is 1. The van der Waals surface area contributed by atoms with Crippen LogP contribution in [0.4, 0.5) is 0 Å². The number of rotatable bonds is 32. The summed E-state index contributed by atoms with van der Waals surface area (Å²) in [6.07, 6.45) is -1.04. The molecule has 0 bridgehead atoms. The number of ether oxygens (including phenoxy) is 1. The second-order valence-electron chi connectivity index (χ2n) is 22.4. The van der Waals surface area contributed by atoms with Crippen LogP contribution in [0, 0.1) is 17.8 Å². The van der Waals surface area contributed by atoms with Crippen LogP contribution >= 0.6 is 0 Å². The normalized spacial score (nSPS) is 22.3. The summed E-state index contributed by atoms with van der Waals surface area (Å²) in [5, 5.41) is 52.0. The number of primary amides is 1. The maximum Gasteiger partial charge on any atom is 0.333 e. The molecular formula is C58H93N15O15. The highest BCUT2D eigenvalue weighted by atomic mass is 16.5. The van der Waals surface area contributed by atoms with Crippen LogP contribution in [0.25, 0.3) is 0 Å². The summed E-state index contributed by atoms with van der Waals surface area (Å²) in [6, 6.07) is -7.20. The van der Waals surface area contributed by atoms with Gasteiger partial charge in [-0.05, 0) is 75.5 Å². The van der Waals surface area contributed by atoms with Crippen molar-refractivity contribution in [2.24, 2.45) is 34.2 Å². The molecule has 490 valence electrons. The van der Waals surface area contributed by atoms with E-state index in [0.717, 1.165) is 5.56 Å². The van der Waals surface area contributed by atoms with Crippen LogP contribution < -0.4 is 75.3 Å². The summed E-state index contributed by atoms with van der Waals surface area (Å²) < 4.78 is 5.67. The molecular weight excluding hydrogens is 1150 g/mol. The van der Waals surface area contributed by atoms with Gasteiger partial charge in [-0.25, -0.2) is 4.79 Å². The molecule has 0 aliphatic carbocycles. The standard InChI is InChI=1S/C58H93N15O15/c1-12-28(5)42(70-49(79)37(61-11)23-34-19-17-16-18-20-34)53(83)67-39(26-74)51(81)65-36(21-22-41(59)76)48(78)69-44(30(7)14-3)55(85)71-43(29(6)13-2)54(84)68-40(27-75)52(82)73-46-33(10)88-57(87)45(31(8)15-4)72-50(80)38(24-35-25-62-58(60)64-35)66-47(77)32(9)63-56(46)86/h16-20,28-30,32-33,35-40,42-46,61,74-75H,8,12-15,21-27H2,1-7,9-11H3,(H2,59,76)(H,63,86)(H,65,81)(H,66,77)(H,67,83)(H,68,84)(H,69,78)(H,70,79)(H,71,85)(H,72,80)(H,73,82)(H3,60,62,64)/t28-,29-,30-,32-,33-,35-,36+,37+,38-,39-,40-,42-,43-,44+,45-,46+/m0/s1. The number of nitrogens with two attached hydrogens (primary N) is 2. The third kappa shape index (κ3) is 22.2. The largest absolute Gasteiger partial charge is 0.458 e. The number of benzene rings is 1. The second kappa shape index (κ2) is 36.2. The number of carbonyl (C=O) groups excluding carboxylic acids is 12. The van der Waals surface area contributed by atoms with E-state index >= 15 is 0 Å². The van der Waals surface area contributed by atoms with Crippen molar-refractivity contribution in [1.29, 1.82) is 0 Å². The minimum absolute atomic E-state index is 0.0400. The number of hydrogen-bond donors (Lipinski definition) is 16. The van der Waals surface area contributed by atoms with E-state index in [9.17, 15) is 67.7 Å². The first-order chi connectivity index (χ1) is 41.6. The van der Waals surface area contributed by atoms with Gasteiger partial charge < -0.3 is 90.2 Å². The molecule has 3 rings (SSSR count). The number of likely N-dealkylation sites (N-methyl/N-ethyl adjacent to an activating group) is 1. The Bertz CT molecular complexity index is 2660. The molecule has 1 saturated heterocycles. The van der Waals surface area contributed by atoms with Crippen molar-refractivity contribution < 1.29 is 72.5 Å². The Kier molecular flexibility index (Phi) is 30.4. The van der Waals surface area contributed by atoms with Gasteiger partial charge in [0, 0.05) is 6.42 Å². The van der Waals surface area contributed by atoms with Crippen LogP contribution in [0.5, 0.6) is 0 Å². The molecule has 0 spiro atoms. The van der Waals surface area contributed by atoms with Gasteiger partial charge in [0.25, 0.3) is 0 Å². The zero-order chi connectivity index (χ0) is 66.1. The highest BCUT2D eigenvalue weighted by Gasteiger charge is 2.41. The Morgan fingerprint density at radius 1 is 0.659 bits per heavy atom. The maximum atomic E-state index is 14.4. The van der Waals surface area contributed by atoms with Gasteiger partial charge in [-0.15, -0.1) is 0 Å². The van der Waals surface area contributed by atoms with E-state index in [1.165, 1.54) is 13.8 Å². The zero-order valence-electron chi connectivity index (χ0n) is 51.9. The second-order valence-corrected chi connectivity index (χ2v) is 22.4. The zero-order valence-corrected chi connectivity index (χ0v) is 51.9. The van der Waals surface area contributed by atoms with Gasteiger partial charge >= 0.3 is 5.97 Å². The van der Waals surface area contributed by atoms with E-state index in [1.807, 2.05) is 30.3 Å². The number of aliphatic hydroxyl groups is 2. The minimum atomic E-state index is -1.84. The molecule has 16 atom stereocenters. The predicted octanol–water partition coefficient (Wildman–Crippen LogP) is -4.34. The molecule has 30 nitrogen and oxygen atoms in total. The maximum absolute atomic E-state index is 14.4.